The molecule has 0 spiro atoms. The molecule has 0 atom stereocenters. The first-order valence-corrected chi connectivity index (χ1v) is 9.90. The van der Waals surface area contributed by atoms with Gasteiger partial charge in [0.25, 0.3) is 11.8 Å². The molecule has 5 nitrogen and oxygen atoms in total. The van der Waals surface area contributed by atoms with Gasteiger partial charge in [-0.1, -0.05) is 42.5 Å². The molecule has 0 unspecified atom stereocenters. The molecule has 4 rings (SSSR count). The van der Waals surface area contributed by atoms with Crippen molar-refractivity contribution in [1.82, 2.24) is 0 Å². The van der Waals surface area contributed by atoms with Crippen molar-refractivity contribution in [2.45, 2.75) is 6.92 Å². The zero-order valence-electron chi connectivity index (χ0n) is 17.3. The highest BCUT2D eigenvalue weighted by molar-refractivity contribution is 6.09. The maximum atomic E-state index is 12.9. The second-order valence-corrected chi connectivity index (χ2v) is 7.20. The second-order valence-electron chi connectivity index (χ2n) is 7.20. The minimum atomic E-state index is -0.261. The van der Waals surface area contributed by atoms with Gasteiger partial charge in [0.2, 0.25) is 0 Å². The third-order valence-corrected chi connectivity index (χ3v) is 5.08. The lowest BCUT2D eigenvalue weighted by Gasteiger charge is -2.13. The molecule has 0 aliphatic rings. The van der Waals surface area contributed by atoms with E-state index in [4.69, 9.17) is 4.74 Å². The zero-order valence-corrected chi connectivity index (χ0v) is 17.3. The molecule has 154 valence electrons. The SMILES string of the molecule is COc1cc2ccccc2cc1C(=O)Nc1ccc(NC(=O)c2ccccc2)c(C)c1. The summed E-state index contributed by atoms with van der Waals surface area (Å²) in [4.78, 5) is 25.3. The lowest BCUT2D eigenvalue weighted by atomic mass is 10.0. The number of hydrogen-bond acceptors (Lipinski definition) is 3. The van der Waals surface area contributed by atoms with Crippen LogP contribution in [0.15, 0.2) is 84.9 Å². The Balaban J connectivity index is 1.53. The van der Waals surface area contributed by atoms with E-state index in [2.05, 4.69) is 10.6 Å². The van der Waals surface area contributed by atoms with Crippen molar-refractivity contribution in [1.29, 1.82) is 0 Å². The van der Waals surface area contributed by atoms with Crippen LogP contribution in [-0.4, -0.2) is 18.9 Å². The Morgan fingerprint density at radius 2 is 1.42 bits per heavy atom. The van der Waals surface area contributed by atoms with E-state index in [0.29, 0.717) is 28.3 Å². The van der Waals surface area contributed by atoms with Crippen LogP contribution in [0.25, 0.3) is 10.8 Å². The van der Waals surface area contributed by atoms with Crippen molar-refractivity contribution in [3.05, 3.63) is 102 Å². The number of benzene rings is 4. The number of aryl methyl sites for hydroxylation is 1. The molecule has 4 aromatic carbocycles. The fourth-order valence-corrected chi connectivity index (χ4v) is 3.43. The van der Waals surface area contributed by atoms with Crippen LogP contribution in [0.3, 0.4) is 0 Å². The van der Waals surface area contributed by atoms with E-state index in [9.17, 15) is 9.59 Å². The summed E-state index contributed by atoms with van der Waals surface area (Å²) in [5.41, 5.74) is 3.21. The minimum Gasteiger partial charge on any atom is -0.496 e. The molecular formula is C26H22N2O3. The van der Waals surface area contributed by atoms with Crippen molar-refractivity contribution in [3.8, 4) is 5.75 Å². The largest absolute Gasteiger partial charge is 0.496 e. The molecule has 0 bridgehead atoms. The predicted octanol–water partition coefficient (Wildman–Crippen LogP) is 5.66. The third kappa shape index (κ3) is 4.41. The number of carbonyl (C=O) groups excluding carboxylic acids is 2. The summed E-state index contributed by atoms with van der Waals surface area (Å²) >= 11 is 0. The number of rotatable bonds is 5. The fourth-order valence-electron chi connectivity index (χ4n) is 3.43. The first-order valence-electron chi connectivity index (χ1n) is 9.90. The Bertz CT molecular complexity index is 1270. The number of fused-ring (bicyclic) bond motifs is 1. The van der Waals surface area contributed by atoms with Crippen molar-refractivity contribution >= 4 is 34.0 Å². The first kappa shape index (κ1) is 20.2. The number of carbonyl (C=O) groups is 2. The molecule has 0 saturated heterocycles. The van der Waals surface area contributed by atoms with Gasteiger partial charge in [-0.05, 0) is 65.7 Å². The summed E-state index contributed by atoms with van der Waals surface area (Å²) in [7, 11) is 1.55. The minimum absolute atomic E-state index is 0.179. The van der Waals surface area contributed by atoms with Crippen LogP contribution in [0.1, 0.15) is 26.3 Å². The molecule has 5 heteroatoms. The Kier molecular flexibility index (Phi) is 5.67. The maximum Gasteiger partial charge on any atom is 0.259 e. The Morgan fingerprint density at radius 1 is 0.742 bits per heavy atom. The van der Waals surface area contributed by atoms with E-state index in [1.54, 1.807) is 31.4 Å². The molecule has 31 heavy (non-hydrogen) atoms. The van der Waals surface area contributed by atoms with E-state index >= 15 is 0 Å². The quantitative estimate of drug-likeness (QED) is 0.446. The topological polar surface area (TPSA) is 67.4 Å². The zero-order chi connectivity index (χ0) is 21.8. The standard InChI is InChI=1S/C26H22N2O3/c1-17-14-21(12-13-23(17)28-25(29)18-8-4-3-5-9-18)27-26(30)22-15-19-10-6-7-11-20(19)16-24(22)31-2/h3-16H,1-2H3,(H,27,30)(H,28,29). The van der Waals surface area contributed by atoms with E-state index in [1.165, 1.54) is 0 Å². The Labute approximate surface area is 180 Å². The summed E-state index contributed by atoms with van der Waals surface area (Å²) in [5.74, 6) is 0.0733. The molecule has 4 aromatic rings. The average molecular weight is 410 g/mol. The van der Waals surface area contributed by atoms with Crippen LogP contribution in [-0.2, 0) is 0 Å². The first-order chi connectivity index (χ1) is 15.0. The van der Waals surface area contributed by atoms with Gasteiger partial charge < -0.3 is 15.4 Å². The van der Waals surface area contributed by atoms with Crippen molar-refractivity contribution in [2.75, 3.05) is 17.7 Å². The predicted molar refractivity (Wildman–Crippen MR) is 124 cm³/mol. The highest BCUT2D eigenvalue weighted by Crippen LogP contribution is 2.27. The van der Waals surface area contributed by atoms with Crippen LogP contribution < -0.4 is 15.4 Å². The highest BCUT2D eigenvalue weighted by atomic mass is 16.5. The summed E-state index contributed by atoms with van der Waals surface area (Å²) < 4.78 is 5.43. The number of methoxy groups -OCH3 is 1. The van der Waals surface area contributed by atoms with Gasteiger partial charge in [0.05, 0.1) is 12.7 Å². The van der Waals surface area contributed by atoms with Gasteiger partial charge in [0.15, 0.2) is 0 Å². The molecule has 0 aliphatic heterocycles. The number of hydrogen-bond donors (Lipinski definition) is 2. The lowest BCUT2D eigenvalue weighted by molar-refractivity contribution is 0.101. The van der Waals surface area contributed by atoms with Crippen LogP contribution in [0.5, 0.6) is 5.75 Å². The number of anilines is 2. The molecule has 2 amide bonds. The number of nitrogens with one attached hydrogen (secondary N) is 2. The third-order valence-electron chi connectivity index (χ3n) is 5.08. The number of amides is 2. The van der Waals surface area contributed by atoms with Crippen molar-refractivity contribution in [2.24, 2.45) is 0 Å². The molecule has 0 heterocycles. The van der Waals surface area contributed by atoms with Crippen molar-refractivity contribution < 1.29 is 14.3 Å². The molecule has 0 saturated carbocycles. The Morgan fingerprint density at radius 3 is 2.10 bits per heavy atom. The summed E-state index contributed by atoms with van der Waals surface area (Å²) in [5, 5.41) is 7.79. The number of ether oxygens (including phenoxy) is 1. The van der Waals surface area contributed by atoms with Crippen LogP contribution >= 0.6 is 0 Å². The normalized spacial score (nSPS) is 10.5. The van der Waals surface area contributed by atoms with E-state index in [0.717, 1.165) is 16.3 Å². The van der Waals surface area contributed by atoms with Gasteiger partial charge in [0.1, 0.15) is 5.75 Å². The van der Waals surface area contributed by atoms with Crippen LogP contribution in [0, 0.1) is 6.92 Å². The van der Waals surface area contributed by atoms with Gasteiger partial charge in [0, 0.05) is 16.9 Å². The molecular weight excluding hydrogens is 388 g/mol. The van der Waals surface area contributed by atoms with E-state index in [-0.39, 0.29) is 11.8 Å². The van der Waals surface area contributed by atoms with Gasteiger partial charge in [-0.2, -0.15) is 0 Å². The molecule has 0 aliphatic carbocycles. The highest BCUT2D eigenvalue weighted by Gasteiger charge is 2.15. The molecule has 2 N–H and O–H groups in total. The monoisotopic (exact) mass is 410 g/mol. The average Bonchev–Trinajstić information content (AvgIpc) is 2.80. The summed E-state index contributed by atoms with van der Waals surface area (Å²) in [6, 6.07) is 25.9. The van der Waals surface area contributed by atoms with Gasteiger partial charge in [-0.25, -0.2) is 0 Å². The van der Waals surface area contributed by atoms with Gasteiger partial charge >= 0.3 is 0 Å². The van der Waals surface area contributed by atoms with Crippen molar-refractivity contribution in [3.63, 3.8) is 0 Å². The van der Waals surface area contributed by atoms with E-state index < -0.39 is 0 Å². The van der Waals surface area contributed by atoms with Gasteiger partial charge in [-0.3, -0.25) is 9.59 Å². The van der Waals surface area contributed by atoms with Crippen LogP contribution in [0.4, 0.5) is 11.4 Å². The maximum absolute atomic E-state index is 12.9. The van der Waals surface area contributed by atoms with Crippen LogP contribution in [0.2, 0.25) is 0 Å². The van der Waals surface area contributed by atoms with Gasteiger partial charge in [-0.15, -0.1) is 0 Å². The summed E-state index contributed by atoms with van der Waals surface area (Å²) in [6.45, 7) is 1.88. The molecule has 0 fully saturated rings. The Hall–Kier alpha value is -4.12. The summed E-state index contributed by atoms with van der Waals surface area (Å²) in [6.07, 6.45) is 0. The fraction of sp³-hybridized carbons (Fsp3) is 0.0769. The smallest absolute Gasteiger partial charge is 0.259 e. The second kappa shape index (κ2) is 8.71. The van der Waals surface area contributed by atoms with E-state index in [1.807, 2.05) is 67.6 Å². The molecule has 0 radical (unpaired) electrons. The lowest BCUT2D eigenvalue weighted by Crippen LogP contribution is -2.15. The molecule has 0 aromatic heterocycles.